The summed E-state index contributed by atoms with van der Waals surface area (Å²) >= 11 is 0. The van der Waals surface area contributed by atoms with E-state index in [1.54, 1.807) is 42.5 Å². The fourth-order valence-electron chi connectivity index (χ4n) is 4.16. The van der Waals surface area contributed by atoms with Gasteiger partial charge in [-0.15, -0.1) is 0 Å². The minimum atomic E-state index is -3.91. The summed E-state index contributed by atoms with van der Waals surface area (Å²) in [5.74, 6) is -0.102. The van der Waals surface area contributed by atoms with Crippen molar-refractivity contribution >= 4 is 21.6 Å². The highest BCUT2D eigenvalue weighted by molar-refractivity contribution is 7.92. The summed E-state index contributed by atoms with van der Waals surface area (Å²) in [7, 11) is -2.38. The Kier molecular flexibility index (Phi) is 7.37. The van der Waals surface area contributed by atoms with Crippen molar-refractivity contribution in [3.05, 3.63) is 89.7 Å². The van der Waals surface area contributed by atoms with E-state index in [1.807, 2.05) is 0 Å². The zero-order valence-electron chi connectivity index (χ0n) is 19.3. The Labute approximate surface area is 204 Å². The SMILES string of the molecule is COc1ccc(NS(=O)(=O)c2cccc(C(=O)NCC3(c4ccc(F)cc4)CCOCC3)c2)cc1. The van der Waals surface area contributed by atoms with E-state index in [2.05, 4.69) is 10.0 Å². The van der Waals surface area contributed by atoms with E-state index in [0.29, 0.717) is 44.0 Å². The Morgan fingerprint density at radius 3 is 2.37 bits per heavy atom. The van der Waals surface area contributed by atoms with Crippen molar-refractivity contribution in [2.75, 3.05) is 31.6 Å². The normalized spacial score (nSPS) is 15.3. The third-order valence-electron chi connectivity index (χ3n) is 6.24. The Morgan fingerprint density at radius 1 is 1.03 bits per heavy atom. The maximum absolute atomic E-state index is 13.5. The molecule has 0 aromatic heterocycles. The number of sulfonamides is 1. The largest absolute Gasteiger partial charge is 0.497 e. The molecule has 4 rings (SSSR count). The van der Waals surface area contributed by atoms with Gasteiger partial charge in [-0.2, -0.15) is 0 Å². The van der Waals surface area contributed by atoms with Crippen LogP contribution in [0.4, 0.5) is 10.1 Å². The van der Waals surface area contributed by atoms with Gasteiger partial charge < -0.3 is 14.8 Å². The molecular formula is C26H27FN2O5S. The van der Waals surface area contributed by atoms with Crippen LogP contribution in [0, 0.1) is 5.82 Å². The van der Waals surface area contributed by atoms with E-state index in [4.69, 9.17) is 9.47 Å². The number of anilines is 1. The summed E-state index contributed by atoms with van der Waals surface area (Å²) in [4.78, 5) is 13.0. The van der Waals surface area contributed by atoms with Gasteiger partial charge in [-0.1, -0.05) is 18.2 Å². The molecule has 1 amide bonds. The molecule has 2 N–H and O–H groups in total. The number of ether oxygens (including phenoxy) is 2. The molecule has 0 radical (unpaired) electrons. The molecule has 0 saturated carbocycles. The zero-order chi connectivity index (χ0) is 24.9. The molecule has 3 aromatic carbocycles. The van der Waals surface area contributed by atoms with Crippen molar-refractivity contribution in [2.24, 2.45) is 0 Å². The van der Waals surface area contributed by atoms with Crippen LogP contribution in [0.15, 0.2) is 77.7 Å². The van der Waals surface area contributed by atoms with Crippen LogP contribution in [0.25, 0.3) is 0 Å². The molecule has 1 fully saturated rings. The third kappa shape index (κ3) is 5.80. The molecule has 0 atom stereocenters. The molecule has 9 heteroatoms. The number of carbonyl (C=O) groups excluding carboxylic acids is 1. The summed E-state index contributed by atoms with van der Waals surface area (Å²) in [5.41, 5.74) is 1.15. The van der Waals surface area contributed by atoms with Crippen molar-refractivity contribution in [1.29, 1.82) is 0 Å². The van der Waals surface area contributed by atoms with Gasteiger partial charge in [-0.05, 0) is 73.0 Å². The average Bonchev–Trinajstić information content (AvgIpc) is 2.88. The molecule has 1 aliphatic heterocycles. The number of carbonyl (C=O) groups is 1. The monoisotopic (exact) mass is 498 g/mol. The van der Waals surface area contributed by atoms with Crippen LogP contribution in [-0.2, 0) is 20.2 Å². The average molecular weight is 499 g/mol. The van der Waals surface area contributed by atoms with Gasteiger partial charge in [0.1, 0.15) is 11.6 Å². The van der Waals surface area contributed by atoms with Crippen molar-refractivity contribution in [3.63, 3.8) is 0 Å². The van der Waals surface area contributed by atoms with E-state index in [0.717, 1.165) is 5.56 Å². The minimum Gasteiger partial charge on any atom is -0.497 e. The molecule has 35 heavy (non-hydrogen) atoms. The summed E-state index contributed by atoms with van der Waals surface area (Å²) < 4.78 is 52.3. The number of methoxy groups -OCH3 is 1. The van der Waals surface area contributed by atoms with Gasteiger partial charge in [0.25, 0.3) is 15.9 Å². The highest BCUT2D eigenvalue weighted by Crippen LogP contribution is 2.34. The second-order valence-corrected chi connectivity index (χ2v) is 10.1. The fourth-order valence-corrected chi connectivity index (χ4v) is 5.27. The number of amides is 1. The molecule has 1 saturated heterocycles. The molecule has 0 unspecified atom stereocenters. The van der Waals surface area contributed by atoms with E-state index < -0.39 is 10.0 Å². The Morgan fingerprint density at radius 2 is 1.71 bits per heavy atom. The second-order valence-electron chi connectivity index (χ2n) is 8.44. The molecule has 1 heterocycles. The molecule has 184 valence electrons. The van der Waals surface area contributed by atoms with Crippen molar-refractivity contribution in [3.8, 4) is 5.75 Å². The molecule has 3 aromatic rings. The van der Waals surface area contributed by atoms with E-state index in [-0.39, 0.29) is 27.6 Å². The van der Waals surface area contributed by atoms with Gasteiger partial charge >= 0.3 is 0 Å². The first-order valence-corrected chi connectivity index (χ1v) is 12.7. The lowest BCUT2D eigenvalue weighted by Crippen LogP contribution is -2.44. The summed E-state index contributed by atoms with van der Waals surface area (Å²) in [5, 5.41) is 2.95. The number of hydrogen-bond acceptors (Lipinski definition) is 5. The van der Waals surface area contributed by atoms with Crippen LogP contribution in [0.1, 0.15) is 28.8 Å². The van der Waals surface area contributed by atoms with Crippen LogP contribution in [-0.4, -0.2) is 41.2 Å². The van der Waals surface area contributed by atoms with E-state index in [1.165, 1.54) is 37.4 Å². The van der Waals surface area contributed by atoms with Gasteiger partial charge in [0.15, 0.2) is 0 Å². The van der Waals surface area contributed by atoms with Crippen LogP contribution < -0.4 is 14.8 Å². The Balaban J connectivity index is 1.49. The molecule has 1 aliphatic rings. The lowest BCUT2D eigenvalue weighted by Gasteiger charge is -2.38. The van der Waals surface area contributed by atoms with Crippen molar-refractivity contribution in [2.45, 2.75) is 23.2 Å². The molecule has 7 nitrogen and oxygen atoms in total. The fraction of sp³-hybridized carbons (Fsp3) is 0.269. The standard InChI is InChI=1S/C26H27FN2O5S/c1-33-23-11-9-22(10-12-23)29-35(31,32)24-4-2-3-19(17-24)25(30)28-18-26(13-15-34-16-14-26)20-5-7-21(27)8-6-20/h2-12,17,29H,13-16,18H2,1H3,(H,28,30). The van der Waals surface area contributed by atoms with Crippen LogP contribution in [0.5, 0.6) is 5.75 Å². The highest BCUT2D eigenvalue weighted by Gasteiger charge is 2.35. The zero-order valence-corrected chi connectivity index (χ0v) is 20.1. The van der Waals surface area contributed by atoms with E-state index >= 15 is 0 Å². The lowest BCUT2D eigenvalue weighted by atomic mass is 9.74. The Hall–Kier alpha value is -3.43. The van der Waals surface area contributed by atoms with Gasteiger partial charge in [-0.3, -0.25) is 9.52 Å². The van der Waals surface area contributed by atoms with E-state index in [9.17, 15) is 17.6 Å². The van der Waals surface area contributed by atoms with Crippen LogP contribution in [0.2, 0.25) is 0 Å². The quantitative estimate of drug-likeness (QED) is 0.488. The summed E-state index contributed by atoms with van der Waals surface area (Å²) in [6, 6.07) is 18.7. The smallest absolute Gasteiger partial charge is 0.261 e. The van der Waals surface area contributed by atoms with Crippen molar-refractivity contribution in [1.82, 2.24) is 5.32 Å². The summed E-state index contributed by atoms with van der Waals surface area (Å²) in [6.45, 7) is 1.40. The first-order valence-electron chi connectivity index (χ1n) is 11.2. The lowest BCUT2D eigenvalue weighted by molar-refractivity contribution is 0.0487. The maximum Gasteiger partial charge on any atom is 0.261 e. The number of benzene rings is 3. The molecule has 0 bridgehead atoms. The molecular weight excluding hydrogens is 471 g/mol. The van der Waals surface area contributed by atoms with Crippen LogP contribution in [0.3, 0.4) is 0 Å². The highest BCUT2D eigenvalue weighted by atomic mass is 32.2. The second kappa shape index (κ2) is 10.5. The first kappa shape index (κ1) is 24.7. The van der Waals surface area contributed by atoms with Crippen molar-refractivity contribution < 1.29 is 27.1 Å². The number of rotatable bonds is 8. The van der Waals surface area contributed by atoms with Gasteiger partial charge in [0, 0.05) is 36.4 Å². The Bertz CT molecular complexity index is 1270. The summed E-state index contributed by atoms with van der Waals surface area (Å²) in [6.07, 6.45) is 1.36. The first-order chi connectivity index (χ1) is 16.8. The van der Waals surface area contributed by atoms with Gasteiger partial charge in [0.2, 0.25) is 0 Å². The number of nitrogens with one attached hydrogen (secondary N) is 2. The third-order valence-corrected chi connectivity index (χ3v) is 7.62. The van der Waals surface area contributed by atoms with Gasteiger partial charge in [-0.25, -0.2) is 12.8 Å². The number of hydrogen-bond donors (Lipinski definition) is 2. The van der Waals surface area contributed by atoms with Crippen LogP contribution >= 0.6 is 0 Å². The molecule has 0 spiro atoms. The topological polar surface area (TPSA) is 93.7 Å². The van der Waals surface area contributed by atoms with Gasteiger partial charge in [0.05, 0.1) is 12.0 Å². The minimum absolute atomic E-state index is 0.0275. The number of halogens is 1. The molecule has 0 aliphatic carbocycles. The predicted molar refractivity (Wildman–Crippen MR) is 131 cm³/mol. The predicted octanol–water partition coefficient (Wildman–Crippen LogP) is 4.11. The maximum atomic E-state index is 13.5.